The topological polar surface area (TPSA) is 58.4 Å². The van der Waals surface area contributed by atoms with Crippen LogP contribution >= 0.6 is 15.9 Å². The molecule has 0 spiro atoms. The van der Waals surface area contributed by atoms with Gasteiger partial charge in [0.15, 0.2) is 0 Å². The second-order valence-electron chi connectivity index (χ2n) is 6.83. The van der Waals surface area contributed by atoms with E-state index in [4.69, 9.17) is 0 Å². The Labute approximate surface area is 156 Å². The number of rotatable bonds is 3. The molecule has 1 aliphatic heterocycles. The van der Waals surface area contributed by atoms with Crippen LogP contribution in [0.25, 0.3) is 5.69 Å². The Morgan fingerprint density at radius 2 is 2.00 bits per heavy atom. The van der Waals surface area contributed by atoms with Crippen LogP contribution in [-0.4, -0.2) is 44.9 Å². The fraction of sp³-hybridized carbons (Fsp3) is 0.474. The minimum absolute atomic E-state index is 0.0173. The summed E-state index contributed by atoms with van der Waals surface area (Å²) in [5, 5.41) is 14.5. The van der Waals surface area contributed by atoms with E-state index in [0.717, 1.165) is 40.9 Å². The maximum absolute atomic E-state index is 13.1. The summed E-state index contributed by atoms with van der Waals surface area (Å²) in [5.41, 5.74) is 3.20. The molecular formula is C19H24BrN3O2. The van der Waals surface area contributed by atoms with Gasteiger partial charge in [0.1, 0.15) is 0 Å². The number of amides is 1. The minimum Gasteiger partial charge on any atom is -0.393 e. The van der Waals surface area contributed by atoms with Crippen LogP contribution in [0.3, 0.4) is 0 Å². The Bertz CT molecular complexity index is 768. The van der Waals surface area contributed by atoms with Gasteiger partial charge in [-0.05, 0) is 57.9 Å². The fourth-order valence-corrected chi connectivity index (χ4v) is 3.80. The Balaban J connectivity index is 1.90. The van der Waals surface area contributed by atoms with Gasteiger partial charge >= 0.3 is 0 Å². The molecule has 1 aliphatic rings. The first kappa shape index (κ1) is 18.1. The molecule has 3 rings (SSSR count). The molecule has 1 saturated heterocycles. The number of nitrogens with zero attached hydrogens (tertiary/aromatic N) is 3. The van der Waals surface area contributed by atoms with Crippen molar-refractivity contribution in [2.75, 3.05) is 13.1 Å². The lowest BCUT2D eigenvalue weighted by atomic mass is 9.93. The highest BCUT2D eigenvalue weighted by atomic mass is 79.9. The van der Waals surface area contributed by atoms with Crippen molar-refractivity contribution in [1.29, 1.82) is 0 Å². The van der Waals surface area contributed by atoms with Crippen molar-refractivity contribution in [3.8, 4) is 5.69 Å². The molecule has 0 aliphatic carbocycles. The molecule has 134 valence electrons. The number of hydrogen-bond donors (Lipinski definition) is 1. The highest BCUT2D eigenvalue weighted by molar-refractivity contribution is 9.10. The van der Waals surface area contributed by atoms with Crippen molar-refractivity contribution in [2.45, 2.75) is 39.7 Å². The molecule has 0 bridgehead atoms. The zero-order valence-electron chi connectivity index (χ0n) is 14.9. The van der Waals surface area contributed by atoms with Gasteiger partial charge in [0, 0.05) is 23.5 Å². The second kappa shape index (κ2) is 7.30. The van der Waals surface area contributed by atoms with E-state index in [0.29, 0.717) is 12.1 Å². The smallest absolute Gasteiger partial charge is 0.257 e. The summed E-state index contributed by atoms with van der Waals surface area (Å²) in [6, 6.07) is 7.88. The Morgan fingerprint density at radius 3 is 2.64 bits per heavy atom. The van der Waals surface area contributed by atoms with Gasteiger partial charge in [0.2, 0.25) is 0 Å². The molecule has 6 heteroatoms. The predicted octanol–water partition coefficient (Wildman–Crippen LogP) is 3.48. The third kappa shape index (κ3) is 3.65. The van der Waals surface area contributed by atoms with Crippen molar-refractivity contribution in [3.63, 3.8) is 0 Å². The number of carbonyl (C=O) groups excluding carboxylic acids is 1. The van der Waals surface area contributed by atoms with Gasteiger partial charge in [0.05, 0.1) is 28.7 Å². The largest absolute Gasteiger partial charge is 0.393 e. The van der Waals surface area contributed by atoms with Gasteiger partial charge in [-0.3, -0.25) is 4.79 Å². The third-order valence-electron chi connectivity index (χ3n) is 5.00. The van der Waals surface area contributed by atoms with E-state index in [1.165, 1.54) is 0 Å². The highest BCUT2D eigenvalue weighted by Crippen LogP contribution is 2.25. The lowest BCUT2D eigenvalue weighted by molar-refractivity contribution is 0.0465. The lowest BCUT2D eigenvalue weighted by Gasteiger charge is -2.34. The zero-order valence-corrected chi connectivity index (χ0v) is 16.5. The molecule has 2 heterocycles. The monoisotopic (exact) mass is 405 g/mol. The summed E-state index contributed by atoms with van der Waals surface area (Å²) in [7, 11) is 0. The van der Waals surface area contributed by atoms with Crippen molar-refractivity contribution < 1.29 is 9.90 Å². The van der Waals surface area contributed by atoms with Crippen LogP contribution in [0, 0.1) is 19.8 Å². The van der Waals surface area contributed by atoms with Crippen LogP contribution in [0.4, 0.5) is 0 Å². The first-order valence-electron chi connectivity index (χ1n) is 8.68. The summed E-state index contributed by atoms with van der Waals surface area (Å²) in [4.78, 5) is 15.0. The third-order valence-corrected chi connectivity index (χ3v) is 5.53. The van der Waals surface area contributed by atoms with E-state index in [-0.39, 0.29) is 17.9 Å². The summed E-state index contributed by atoms with van der Waals surface area (Å²) in [6.07, 6.45) is 1.51. The van der Waals surface area contributed by atoms with Crippen molar-refractivity contribution >= 4 is 21.8 Å². The lowest BCUT2D eigenvalue weighted by Crippen LogP contribution is -2.43. The number of aliphatic hydroxyl groups excluding tert-OH is 1. The first-order chi connectivity index (χ1) is 11.9. The second-order valence-corrected chi connectivity index (χ2v) is 7.74. The van der Waals surface area contributed by atoms with Gasteiger partial charge < -0.3 is 10.0 Å². The number of aryl methyl sites for hydroxylation is 1. The van der Waals surface area contributed by atoms with E-state index in [9.17, 15) is 9.90 Å². The molecule has 2 atom stereocenters. The Morgan fingerprint density at radius 1 is 1.32 bits per heavy atom. The van der Waals surface area contributed by atoms with Crippen LogP contribution in [0.15, 0.2) is 28.7 Å². The van der Waals surface area contributed by atoms with Gasteiger partial charge in [-0.2, -0.15) is 5.10 Å². The molecule has 0 saturated carbocycles. The molecule has 25 heavy (non-hydrogen) atoms. The van der Waals surface area contributed by atoms with E-state index >= 15 is 0 Å². The average Bonchev–Trinajstić information content (AvgIpc) is 2.89. The molecule has 2 aromatic rings. The van der Waals surface area contributed by atoms with E-state index in [1.807, 2.05) is 47.7 Å². The Kier molecular flexibility index (Phi) is 5.29. The number of carbonyl (C=O) groups is 1. The predicted molar refractivity (Wildman–Crippen MR) is 101 cm³/mol. The quantitative estimate of drug-likeness (QED) is 0.849. The number of likely N-dealkylation sites (tertiary alicyclic amines) is 1. The molecule has 1 N–H and O–H groups in total. The maximum Gasteiger partial charge on any atom is 0.257 e. The van der Waals surface area contributed by atoms with Crippen LogP contribution in [0.2, 0.25) is 0 Å². The van der Waals surface area contributed by atoms with Crippen LogP contribution in [0.1, 0.15) is 41.5 Å². The molecule has 0 radical (unpaired) electrons. The van der Waals surface area contributed by atoms with Gasteiger partial charge in [0.25, 0.3) is 5.91 Å². The number of aromatic nitrogens is 2. The molecule has 1 amide bonds. The number of aliphatic hydroxyl groups is 1. The number of hydrogen-bond acceptors (Lipinski definition) is 3. The van der Waals surface area contributed by atoms with Crippen molar-refractivity contribution in [2.24, 2.45) is 5.92 Å². The molecule has 5 nitrogen and oxygen atoms in total. The zero-order chi connectivity index (χ0) is 18.1. The first-order valence-corrected chi connectivity index (χ1v) is 9.47. The molecule has 1 aromatic heterocycles. The molecule has 1 fully saturated rings. The highest BCUT2D eigenvalue weighted by Gasteiger charge is 2.30. The van der Waals surface area contributed by atoms with Crippen LogP contribution < -0.4 is 0 Å². The normalized spacial score (nSPS) is 19.1. The van der Waals surface area contributed by atoms with E-state index < -0.39 is 0 Å². The number of piperidine rings is 1. The van der Waals surface area contributed by atoms with E-state index in [2.05, 4.69) is 21.0 Å². The average molecular weight is 406 g/mol. The summed E-state index contributed by atoms with van der Waals surface area (Å²) < 4.78 is 2.83. The number of halogens is 1. The SMILES string of the molecule is Cc1nn(-c2ccc(Br)cc2)c(C)c1C(=O)N1CCC[C@H]([C@H](C)O)C1. The maximum atomic E-state index is 13.1. The van der Waals surface area contributed by atoms with Crippen molar-refractivity contribution in [3.05, 3.63) is 45.7 Å². The molecule has 0 unspecified atom stereocenters. The fourth-order valence-electron chi connectivity index (χ4n) is 3.53. The number of benzene rings is 1. The van der Waals surface area contributed by atoms with Crippen LogP contribution in [-0.2, 0) is 0 Å². The van der Waals surface area contributed by atoms with Crippen LogP contribution in [0.5, 0.6) is 0 Å². The Hall–Kier alpha value is -1.66. The summed E-state index contributed by atoms with van der Waals surface area (Å²) in [5.74, 6) is 0.170. The van der Waals surface area contributed by atoms with Gasteiger partial charge in [-0.15, -0.1) is 0 Å². The summed E-state index contributed by atoms with van der Waals surface area (Å²) in [6.45, 7) is 6.97. The minimum atomic E-state index is -0.386. The molecular weight excluding hydrogens is 382 g/mol. The van der Waals surface area contributed by atoms with Gasteiger partial charge in [-0.1, -0.05) is 15.9 Å². The van der Waals surface area contributed by atoms with Crippen molar-refractivity contribution in [1.82, 2.24) is 14.7 Å². The molecule has 1 aromatic carbocycles. The van der Waals surface area contributed by atoms with E-state index in [1.54, 1.807) is 6.92 Å². The van der Waals surface area contributed by atoms with Gasteiger partial charge in [-0.25, -0.2) is 4.68 Å². The standard InChI is InChI=1S/C19H24BrN3O2/c1-12-18(19(25)22-10-4-5-15(11-22)14(3)24)13(2)23(21-12)17-8-6-16(20)7-9-17/h6-9,14-15,24H,4-5,10-11H2,1-3H3/t14-,15-/m0/s1. The summed E-state index contributed by atoms with van der Waals surface area (Å²) >= 11 is 3.44.